The van der Waals surface area contributed by atoms with E-state index in [1.165, 1.54) is 0 Å². The third-order valence-corrected chi connectivity index (χ3v) is 5.28. The second kappa shape index (κ2) is 7.04. The number of nitrogen functional groups attached to an aromatic ring is 1. The maximum atomic E-state index is 13.2. The Morgan fingerprint density at radius 3 is 2.33 bits per heavy atom. The Morgan fingerprint density at radius 1 is 1.07 bits per heavy atom. The molecule has 0 saturated carbocycles. The van der Waals surface area contributed by atoms with Gasteiger partial charge in [-0.3, -0.25) is 9.59 Å². The molecule has 0 unspecified atom stereocenters. The van der Waals surface area contributed by atoms with Crippen molar-refractivity contribution >= 4 is 28.6 Å². The zero-order valence-corrected chi connectivity index (χ0v) is 15.4. The van der Waals surface area contributed by atoms with Gasteiger partial charge in [0, 0.05) is 43.6 Å². The Bertz CT molecular complexity index is 917. The minimum absolute atomic E-state index is 0.167. The van der Waals surface area contributed by atoms with E-state index in [4.69, 9.17) is 10.5 Å². The lowest BCUT2D eigenvalue weighted by Gasteiger charge is -2.27. The summed E-state index contributed by atoms with van der Waals surface area (Å²) in [6.45, 7) is 2.84. The number of ketones is 2. The molecule has 0 spiro atoms. The van der Waals surface area contributed by atoms with Crippen molar-refractivity contribution in [3.63, 3.8) is 0 Å². The molecule has 0 radical (unpaired) electrons. The fourth-order valence-electron chi connectivity index (χ4n) is 3.95. The molecular formula is C21H23N3O3. The number of anilines is 3. The van der Waals surface area contributed by atoms with Crippen LogP contribution in [0.1, 0.15) is 44.7 Å². The number of nitrogens with two attached hydrogens (primary N) is 1. The Labute approximate surface area is 158 Å². The maximum absolute atomic E-state index is 13.2. The number of carbonyl (C=O) groups is 2. The van der Waals surface area contributed by atoms with Gasteiger partial charge in [-0.25, -0.2) is 0 Å². The van der Waals surface area contributed by atoms with Crippen LogP contribution in [0.2, 0.25) is 0 Å². The van der Waals surface area contributed by atoms with Gasteiger partial charge >= 0.3 is 0 Å². The van der Waals surface area contributed by atoms with Crippen LogP contribution in [0.15, 0.2) is 30.3 Å². The van der Waals surface area contributed by atoms with Crippen molar-refractivity contribution in [1.82, 2.24) is 0 Å². The lowest BCUT2D eigenvalue weighted by molar-refractivity contribution is 0.0980. The summed E-state index contributed by atoms with van der Waals surface area (Å²) in [6, 6.07) is 8.84. The molecule has 4 rings (SSSR count). The summed E-state index contributed by atoms with van der Waals surface area (Å²) in [5.41, 5.74) is 9.86. The zero-order valence-electron chi connectivity index (χ0n) is 15.4. The van der Waals surface area contributed by atoms with E-state index in [0.717, 1.165) is 31.6 Å². The summed E-state index contributed by atoms with van der Waals surface area (Å²) >= 11 is 0. The molecule has 6 nitrogen and oxygen atoms in total. The third kappa shape index (κ3) is 2.86. The summed E-state index contributed by atoms with van der Waals surface area (Å²) < 4.78 is 5.12. The molecule has 1 saturated heterocycles. The van der Waals surface area contributed by atoms with E-state index in [9.17, 15) is 9.59 Å². The smallest absolute Gasteiger partial charge is 0.196 e. The number of rotatable bonds is 5. The highest BCUT2D eigenvalue weighted by Gasteiger charge is 2.35. The molecule has 140 valence electrons. The van der Waals surface area contributed by atoms with E-state index < -0.39 is 0 Å². The molecule has 2 aromatic carbocycles. The molecule has 1 aliphatic carbocycles. The van der Waals surface area contributed by atoms with E-state index in [1.54, 1.807) is 31.4 Å². The predicted octanol–water partition coefficient (Wildman–Crippen LogP) is 2.70. The molecule has 6 heteroatoms. The van der Waals surface area contributed by atoms with Crippen molar-refractivity contribution in [1.29, 1.82) is 0 Å². The first-order chi connectivity index (χ1) is 13.1. The highest BCUT2D eigenvalue weighted by molar-refractivity contribution is 6.32. The lowest BCUT2D eigenvalue weighted by Crippen LogP contribution is -2.27. The Kier molecular flexibility index (Phi) is 4.58. The van der Waals surface area contributed by atoms with Crippen molar-refractivity contribution in [3.05, 3.63) is 52.6 Å². The normalized spacial score (nSPS) is 15.7. The number of nitrogens with zero attached hydrogens (tertiary/aromatic N) is 1. The predicted molar refractivity (Wildman–Crippen MR) is 106 cm³/mol. The maximum Gasteiger partial charge on any atom is 0.196 e. The van der Waals surface area contributed by atoms with Crippen molar-refractivity contribution < 1.29 is 14.3 Å². The van der Waals surface area contributed by atoms with Crippen molar-refractivity contribution in [2.75, 3.05) is 49.3 Å². The molecule has 1 aliphatic heterocycles. The molecule has 1 heterocycles. The minimum atomic E-state index is -0.187. The molecule has 0 bridgehead atoms. The second-order valence-corrected chi connectivity index (χ2v) is 6.92. The van der Waals surface area contributed by atoms with Crippen LogP contribution in [0.5, 0.6) is 0 Å². The van der Waals surface area contributed by atoms with Crippen LogP contribution >= 0.6 is 0 Å². The van der Waals surface area contributed by atoms with Crippen molar-refractivity contribution in [3.8, 4) is 0 Å². The summed E-state index contributed by atoms with van der Waals surface area (Å²) in [4.78, 5) is 28.6. The number of benzene rings is 2. The molecule has 3 N–H and O–H groups in total. The van der Waals surface area contributed by atoms with E-state index >= 15 is 0 Å². The van der Waals surface area contributed by atoms with Crippen LogP contribution in [0.3, 0.4) is 0 Å². The molecule has 0 aromatic heterocycles. The van der Waals surface area contributed by atoms with Gasteiger partial charge in [0.2, 0.25) is 0 Å². The van der Waals surface area contributed by atoms with Crippen molar-refractivity contribution in [2.24, 2.45) is 0 Å². The SMILES string of the molecule is COCCNc1cc(N2CCCC2)c(N)c2c1C(=O)c1ccccc1C2=O. The molecule has 0 amide bonds. The number of hydrogen-bond donors (Lipinski definition) is 2. The number of ether oxygens (including phenoxy) is 1. The van der Waals surface area contributed by atoms with Gasteiger partial charge < -0.3 is 20.7 Å². The van der Waals surface area contributed by atoms with E-state index in [-0.39, 0.29) is 11.6 Å². The van der Waals surface area contributed by atoms with Crippen LogP contribution in [-0.4, -0.2) is 44.9 Å². The van der Waals surface area contributed by atoms with Crippen LogP contribution in [0.4, 0.5) is 17.1 Å². The van der Waals surface area contributed by atoms with Gasteiger partial charge in [0.25, 0.3) is 0 Å². The molecule has 0 atom stereocenters. The monoisotopic (exact) mass is 365 g/mol. The van der Waals surface area contributed by atoms with Gasteiger partial charge in [-0.15, -0.1) is 0 Å². The van der Waals surface area contributed by atoms with Gasteiger partial charge in [-0.1, -0.05) is 24.3 Å². The average Bonchev–Trinajstić information content (AvgIpc) is 3.21. The van der Waals surface area contributed by atoms with Crippen LogP contribution in [0, 0.1) is 0 Å². The number of carbonyl (C=O) groups excluding carboxylic acids is 2. The quantitative estimate of drug-likeness (QED) is 0.534. The Morgan fingerprint density at radius 2 is 1.70 bits per heavy atom. The molecule has 2 aliphatic rings. The summed E-state index contributed by atoms with van der Waals surface area (Å²) in [6.07, 6.45) is 2.19. The molecule has 1 fully saturated rings. The highest BCUT2D eigenvalue weighted by atomic mass is 16.5. The summed E-state index contributed by atoms with van der Waals surface area (Å²) in [7, 11) is 1.63. The minimum Gasteiger partial charge on any atom is -0.396 e. The van der Waals surface area contributed by atoms with E-state index in [1.807, 2.05) is 6.07 Å². The summed E-state index contributed by atoms with van der Waals surface area (Å²) in [5.74, 6) is -0.353. The average molecular weight is 365 g/mol. The van der Waals surface area contributed by atoms with Gasteiger partial charge in [0.1, 0.15) is 0 Å². The molecule has 27 heavy (non-hydrogen) atoms. The van der Waals surface area contributed by atoms with Gasteiger partial charge in [0.05, 0.1) is 29.1 Å². The van der Waals surface area contributed by atoms with Gasteiger partial charge in [-0.2, -0.15) is 0 Å². The van der Waals surface area contributed by atoms with Crippen LogP contribution in [-0.2, 0) is 4.74 Å². The van der Waals surface area contributed by atoms with Crippen molar-refractivity contribution in [2.45, 2.75) is 12.8 Å². The topological polar surface area (TPSA) is 84.7 Å². The van der Waals surface area contributed by atoms with Crippen LogP contribution < -0.4 is 16.0 Å². The van der Waals surface area contributed by atoms with Crippen LogP contribution in [0.25, 0.3) is 0 Å². The zero-order chi connectivity index (χ0) is 19.0. The Hall–Kier alpha value is -2.86. The number of hydrogen-bond acceptors (Lipinski definition) is 6. The van der Waals surface area contributed by atoms with E-state index in [2.05, 4.69) is 10.2 Å². The largest absolute Gasteiger partial charge is 0.396 e. The molecular weight excluding hydrogens is 342 g/mol. The number of fused-ring (bicyclic) bond motifs is 2. The lowest BCUT2D eigenvalue weighted by atomic mass is 9.81. The highest BCUT2D eigenvalue weighted by Crippen LogP contribution is 2.41. The van der Waals surface area contributed by atoms with Gasteiger partial charge in [-0.05, 0) is 18.9 Å². The first-order valence-electron chi connectivity index (χ1n) is 9.26. The summed E-state index contributed by atoms with van der Waals surface area (Å²) in [5, 5.41) is 3.27. The first-order valence-corrected chi connectivity index (χ1v) is 9.26. The van der Waals surface area contributed by atoms with E-state index in [0.29, 0.717) is 46.8 Å². The third-order valence-electron chi connectivity index (χ3n) is 5.28. The standard InChI is InChI=1S/C21H23N3O3/c1-27-11-8-23-15-12-16(24-9-4-5-10-24)19(22)18-17(15)20(25)13-6-2-3-7-14(13)21(18)26/h2-3,6-7,12,23H,4-5,8-11,22H2,1H3. The molecule has 2 aromatic rings. The fourth-order valence-corrected chi connectivity index (χ4v) is 3.95. The number of methoxy groups -OCH3 is 1. The van der Waals surface area contributed by atoms with Gasteiger partial charge in [0.15, 0.2) is 11.6 Å². The first kappa shape index (κ1) is 17.5. The fraction of sp³-hybridized carbons (Fsp3) is 0.333. The second-order valence-electron chi connectivity index (χ2n) is 6.92. The number of nitrogens with one attached hydrogen (secondary N) is 1. The Balaban J connectivity index is 1.90.